The molecule has 0 radical (unpaired) electrons. The van der Waals surface area contributed by atoms with Crippen LogP contribution in [0.2, 0.25) is 0 Å². The zero-order chi connectivity index (χ0) is 24.9. The quantitative estimate of drug-likeness (QED) is 0.317. The molecule has 1 aliphatic rings. The average Bonchev–Trinajstić information content (AvgIpc) is 3.58. The second-order valence-electron chi connectivity index (χ2n) is 8.90. The third-order valence-electron chi connectivity index (χ3n) is 6.69. The first-order chi connectivity index (χ1) is 17.4. The molecule has 0 spiro atoms. The molecular weight excluding hydrogens is 469 g/mol. The molecule has 3 heterocycles. The molecule has 0 atom stereocenters. The SMILES string of the molecule is O=C(NCc1ncc[nH]1)c1ccc(-c2nc3c(C(F)(F)F)cc4[nH]ncc4c3c3c2CCCC3)cc1. The van der Waals surface area contributed by atoms with E-state index < -0.39 is 11.7 Å². The third-order valence-corrected chi connectivity index (χ3v) is 6.69. The molecule has 0 unspecified atom stereocenters. The van der Waals surface area contributed by atoms with Crippen molar-refractivity contribution >= 4 is 27.7 Å². The van der Waals surface area contributed by atoms with Crippen molar-refractivity contribution < 1.29 is 18.0 Å². The number of carbonyl (C=O) groups is 1. The summed E-state index contributed by atoms with van der Waals surface area (Å²) in [5.74, 6) is 0.368. The molecule has 1 aliphatic carbocycles. The van der Waals surface area contributed by atoms with E-state index in [2.05, 4.69) is 30.5 Å². The lowest BCUT2D eigenvalue weighted by Crippen LogP contribution is -2.23. The van der Waals surface area contributed by atoms with Crippen LogP contribution in [0.1, 0.15) is 45.7 Å². The Morgan fingerprint density at radius 1 is 1.08 bits per heavy atom. The van der Waals surface area contributed by atoms with Gasteiger partial charge in [-0.25, -0.2) is 9.97 Å². The number of nitrogens with one attached hydrogen (secondary N) is 3. The van der Waals surface area contributed by atoms with Gasteiger partial charge in [0.05, 0.1) is 35.0 Å². The maximum atomic E-state index is 14.1. The van der Waals surface area contributed by atoms with E-state index >= 15 is 0 Å². The molecule has 5 aromatic rings. The lowest BCUT2D eigenvalue weighted by atomic mass is 9.84. The normalized spacial score (nSPS) is 13.8. The smallest absolute Gasteiger partial charge is 0.347 e. The topological polar surface area (TPSA) is 99.4 Å². The lowest BCUT2D eigenvalue weighted by molar-refractivity contribution is -0.136. The number of imidazole rings is 1. The van der Waals surface area contributed by atoms with E-state index in [0.29, 0.717) is 45.4 Å². The summed E-state index contributed by atoms with van der Waals surface area (Å²) in [6.45, 7) is 0.260. The number of nitrogens with zero attached hydrogens (tertiary/aromatic N) is 3. The van der Waals surface area contributed by atoms with Crippen LogP contribution >= 0.6 is 0 Å². The maximum Gasteiger partial charge on any atom is 0.418 e. The molecule has 0 bridgehead atoms. The number of halogens is 3. The second kappa shape index (κ2) is 8.47. The molecule has 2 aromatic carbocycles. The molecule has 0 aliphatic heterocycles. The molecular formula is C26H21F3N6O. The Kier molecular flexibility index (Phi) is 5.24. The molecule has 0 saturated heterocycles. The van der Waals surface area contributed by atoms with Gasteiger partial charge in [0, 0.05) is 34.3 Å². The standard InChI is InChI=1S/C26H21F3N6O/c27-26(28,29)19-11-20-18(12-33-35-20)22-16-3-1-2-4-17(16)23(34-24(19)22)14-5-7-15(8-6-14)25(36)32-13-21-30-9-10-31-21/h5-12H,1-4,13H2,(H,30,31)(H,32,36)(H,33,35). The number of hydrogen-bond acceptors (Lipinski definition) is 4. The molecule has 7 nitrogen and oxygen atoms in total. The Bertz CT molecular complexity index is 1590. The van der Waals surface area contributed by atoms with Gasteiger partial charge >= 0.3 is 6.18 Å². The zero-order valence-corrected chi connectivity index (χ0v) is 19.0. The van der Waals surface area contributed by atoms with E-state index in [0.717, 1.165) is 36.5 Å². The largest absolute Gasteiger partial charge is 0.418 e. The summed E-state index contributed by atoms with van der Waals surface area (Å²) in [6, 6.07) is 7.90. The number of pyridine rings is 1. The first kappa shape index (κ1) is 22.3. The number of aromatic amines is 2. The molecule has 0 saturated carbocycles. The first-order valence-electron chi connectivity index (χ1n) is 11.7. The van der Waals surface area contributed by atoms with E-state index in [-0.39, 0.29) is 18.0 Å². The number of aromatic nitrogens is 5. The number of H-pyrrole nitrogens is 2. The van der Waals surface area contributed by atoms with Gasteiger partial charge in [-0.2, -0.15) is 18.3 Å². The van der Waals surface area contributed by atoms with Gasteiger partial charge in [0.2, 0.25) is 0 Å². The van der Waals surface area contributed by atoms with Gasteiger partial charge in [-0.1, -0.05) is 12.1 Å². The van der Waals surface area contributed by atoms with Gasteiger partial charge in [0.25, 0.3) is 5.91 Å². The number of fused-ring (bicyclic) bond motifs is 5. The van der Waals surface area contributed by atoms with Gasteiger partial charge in [-0.15, -0.1) is 0 Å². The van der Waals surface area contributed by atoms with Crippen LogP contribution in [-0.2, 0) is 25.6 Å². The van der Waals surface area contributed by atoms with Crippen molar-refractivity contribution in [3.8, 4) is 11.3 Å². The number of carbonyl (C=O) groups excluding carboxylic acids is 1. The molecule has 3 aromatic heterocycles. The van der Waals surface area contributed by atoms with E-state index in [9.17, 15) is 18.0 Å². The van der Waals surface area contributed by atoms with Gasteiger partial charge < -0.3 is 10.3 Å². The summed E-state index contributed by atoms with van der Waals surface area (Å²) in [6.07, 6.45) is 3.53. The van der Waals surface area contributed by atoms with Crippen molar-refractivity contribution in [2.24, 2.45) is 0 Å². The van der Waals surface area contributed by atoms with Gasteiger partial charge in [0.15, 0.2) is 0 Å². The number of benzene rings is 2. The summed E-state index contributed by atoms with van der Waals surface area (Å²) < 4.78 is 42.3. The predicted molar refractivity (Wildman–Crippen MR) is 128 cm³/mol. The molecule has 10 heteroatoms. The number of amides is 1. The van der Waals surface area contributed by atoms with E-state index in [1.165, 1.54) is 0 Å². The van der Waals surface area contributed by atoms with Crippen LogP contribution in [0.25, 0.3) is 33.1 Å². The number of rotatable bonds is 4. The highest BCUT2D eigenvalue weighted by Crippen LogP contribution is 2.43. The van der Waals surface area contributed by atoms with Crippen LogP contribution in [0.5, 0.6) is 0 Å². The molecule has 6 rings (SSSR count). The Balaban J connectivity index is 1.46. The molecule has 0 fully saturated rings. The van der Waals surface area contributed by atoms with Gasteiger partial charge in [-0.05, 0) is 55.0 Å². The minimum Gasteiger partial charge on any atom is -0.347 e. The van der Waals surface area contributed by atoms with E-state index in [1.807, 2.05) is 0 Å². The minimum atomic E-state index is -4.57. The highest BCUT2D eigenvalue weighted by atomic mass is 19.4. The van der Waals surface area contributed by atoms with Crippen molar-refractivity contribution in [1.29, 1.82) is 0 Å². The number of alkyl halides is 3. The van der Waals surface area contributed by atoms with Crippen LogP contribution in [0.3, 0.4) is 0 Å². The lowest BCUT2D eigenvalue weighted by Gasteiger charge is -2.23. The summed E-state index contributed by atoms with van der Waals surface area (Å²) >= 11 is 0. The van der Waals surface area contributed by atoms with Crippen molar-refractivity contribution in [3.05, 3.63) is 77.0 Å². The van der Waals surface area contributed by atoms with Crippen LogP contribution in [0, 0.1) is 0 Å². The van der Waals surface area contributed by atoms with Crippen molar-refractivity contribution in [2.45, 2.75) is 38.4 Å². The van der Waals surface area contributed by atoms with Crippen LogP contribution < -0.4 is 5.32 Å². The predicted octanol–water partition coefficient (Wildman–Crippen LogP) is 5.33. The van der Waals surface area contributed by atoms with Crippen molar-refractivity contribution in [2.75, 3.05) is 0 Å². The number of hydrogen-bond donors (Lipinski definition) is 3. The fourth-order valence-electron chi connectivity index (χ4n) is 5.02. The van der Waals surface area contributed by atoms with E-state index in [1.54, 1.807) is 42.9 Å². The third kappa shape index (κ3) is 3.78. The zero-order valence-electron chi connectivity index (χ0n) is 19.0. The minimum absolute atomic E-state index is 0.0627. The fraction of sp³-hybridized carbons (Fsp3) is 0.231. The van der Waals surface area contributed by atoms with Crippen LogP contribution in [0.15, 0.2) is 48.9 Å². The Labute approximate surface area is 203 Å². The monoisotopic (exact) mass is 490 g/mol. The Hall–Kier alpha value is -4.21. The van der Waals surface area contributed by atoms with E-state index in [4.69, 9.17) is 0 Å². The Morgan fingerprint density at radius 2 is 1.86 bits per heavy atom. The Morgan fingerprint density at radius 3 is 2.58 bits per heavy atom. The molecule has 3 N–H and O–H groups in total. The summed E-state index contributed by atoms with van der Waals surface area (Å²) in [7, 11) is 0. The second-order valence-corrected chi connectivity index (χ2v) is 8.90. The van der Waals surface area contributed by atoms with Crippen molar-refractivity contribution in [3.63, 3.8) is 0 Å². The highest BCUT2D eigenvalue weighted by molar-refractivity contribution is 6.09. The highest BCUT2D eigenvalue weighted by Gasteiger charge is 2.36. The first-order valence-corrected chi connectivity index (χ1v) is 11.7. The summed E-state index contributed by atoms with van der Waals surface area (Å²) in [4.78, 5) is 24.2. The molecule has 1 amide bonds. The maximum absolute atomic E-state index is 14.1. The van der Waals surface area contributed by atoms with Gasteiger partial charge in [0.1, 0.15) is 5.82 Å². The summed E-state index contributed by atoms with van der Waals surface area (Å²) in [5.41, 5.74) is 3.03. The summed E-state index contributed by atoms with van der Waals surface area (Å²) in [5, 5.41) is 10.7. The molecule has 182 valence electrons. The van der Waals surface area contributed by atoms with Gasteiger partial charge in [-0.3, -0.25) is 9.89 Å². The fourth-order valence-corrected chi connectivity index (χ4v) is 5.02. The molecule has 36 heavy (non-hydrogen) atoms. The number of aryl methyl sites for hydroxylation is 1. The van der Waals surface area contributed by atoms with Crippen LogP contribution in [-0.4, -0.2) is 31.1 Å². The van der Waals surface area contributed by atoms with Crippen molar-refractivity contribution in [1.82, 2.24) is 30.5 Å². The van der Waals surface area contributed by atoms with Crippen LogP contribution in [0.4, 0.5) is 13.2 Å². The average molecular weight is 490 g/mol.